The van der Waals surface area contributed by atoms with Crippen LogP contribution >= 0.6 is 0 Å². The van der Waals surface area contributed by atoms with Crippen LogP contribution in [0.25, 0.3) is 0 Å². The monoisotopic (exact) mass is 276 g/mol. The molecule has 0 saturated carbocycles. The van der Waals surface area contributed by atoms with Crippen molar-refractivity contribution in [1.82, 2.24) is 4.90 Å². The fraction of sp³-hybridized carbons (Fsp3) is 0.833. The summed E-state index contributed by atoms with van der Waals surface area (Å²) < 4.78 is 10.4. The zero-order valence-electron chi connectivity index (χ0n) is 12.0. The van der Waals surface area contributed by atoms with E-state index in [0.29, 0.717) is 6.61 Å². The molecule has 0 spiro atoms. The van der Waals surface area contributed by atoms with Gasteiger partial charge in [-0.2, -0.15) is 0 Å². The van der Waals surface area contributed by atoms with E-state index in [0.717, 1.165) is 6.42 Å². The zero-order chi connectivity index (χ0) is 15.1. The highest BCUT2D eigenvalue weighted by Gasteiger charge is 2.37. The third-order valence-electron chi connectivity index (χ3n) is 2.69. The summed E-state index contributed by atoms with van der Waals surface area (Å²) in [4.78, 5) is 23.5. The molecule has 0 aromatic carbocycles. The number of ether oxygens (including phenoxy) is 2. The topological polar surface area (TPSA) is 102 Å². The van der Waals surface area contributed by atoms with Crippen molar-refractivity contribution in [1.29, 1.82) is 0 Å². The minimum absolute atomic E-state index is 0.207. The molecule has 0 aromatic rings. The summed E-state index contributed by atoms with van der Waals surface area (Å²) in [7, 11) is 3.07. The number of rotatable bonds is 8. The normalized spacial score (nSPS) is 15.4. The van der Waals surface area contributed by atoms with Gasteiger partial charge in [-0.3, -0.25) is 4.79 Å². The van der Waals surface area contributed by atoms with Gasteiger partial charge in [0.05, 0.1) is 18.1 Å². The Hall–Kier alpha value is -1.34. The number of carbonyl (C=O) groups excluding carboxylic acids is 1. The maximum Gasteiger partial charge on any atom is 0.409 e. The van der Waals surface area contributed by atoms with E-state index in [1.165, 1.54) is 19.0 Å². The first-order valence-electron chi connectivity index (χ1n) is 6.19. The fourth-order valence-corrected chi connectivity index (χ4v) is 1.38. The number of carboxylic acids is 1. The Balaban J connectivity index is 4.66. The summed E-state index contributed by atoms with van der Waals surface area (Å²) in [5.41, 5.74) is 4.79. The summed E-state index contributed by atoms with van der Waals surface area (Å²) in [5.74, 6) is -1.06. The highest BCUT2D eigenvalue weighted by molar-refractivity contribution is 5.69. The van der Waals surface area contributed by atoms with Crippen LogP contribution in [0, 0.1) is 0 Å². The number of carbonyl (C=O) groups is 2. The van der Waals surface area contributed by atoms with E-state index in [2.05, 4.69) is 0 Å². The third-order valence-corrected chi connectivity index (χ3v) is 2.69. The number of carboxylic acid groups (broad SMARTS) is 1. The predicted octanol–water partition coefficient (Wildman–Crippen LogP) is 0.672. The van der Waals surface area contributed by atoms with Gasteiger partial charge >= 0.3 is 12.1 Å². The molecule has 0 radical (unpaired) electrons. The summed E-state index contributed by atoms with van der Waals surface area (Å²) in [6.07, 6.45) is -0.634. The van der Waals surface area contributed by atoms with Gasteiger partial charge in [-0.15, -0.1) is 0 Å². The molecule has 0 saturated heterocycles. The second-order valence-electron chi connectivity index (χ2n) is 4.77. The zero-order valence-corrected chi connectivity index (χ0v) is 12.0. The third kappa shape index (κ3) is 6.40. The largest absolute Gasteiger partial charge is 0.481 e. The Kier molecular flexibility index (Phi) is 7.40. The molecule has 0 aliphatic rings. The lowest BCUT2D eigenvalue weighted by Gasteiger charge is -2.33. The molecule has 19 heavy (non-hydrogen) atoms. The number of amides is 1. The molecule has 0 aromatic heterocycles. The highest BCUT2D eigenvalue weighted by Crippen LogP contribution is 2.17. The van der Waals surface area contributed by atoms with E-state index in [1.54, 1.807) is 6.92 Å². The molecule has 3 N–H and O–H groups in total. The molecule has 0 heterocycles. The van der Waals surface area contributed by atoms with Crippen molar-refractivity contribution in [3.8, 4) is 0 Å². The molecule has 112 valence electrons. The van der Waals surface area contributed by atoms with Crippen molar-refractivity contribution in [3.63, 3.8) is 0 Å². The number of nitrogens with two attached hydrogens (primary N) is 1. The summed E-state index contributed by atoms with van der Waals surface area (Å²) in [6.45, 7) is 3.89. The number of nitrogens with zero attached hydrogens (tertiary/aromatic N) is 1. The van der Waals surface area contributed by atoms with Crippen molar-refractivity contribution < 1.29 is 24.2 Å². The van der Waals surface area contributed by atoms with Gasteiger partial charge in [0.1, 0.15) is 6.61 Å². The van der Waals surface area contributed by atoms with Crippen LogP contribution in [0.15, 0.2) is 0 Å². The van der Waals surface area contributed by atoms with Crippen LogP contribution in [0.5, 0.6) is 0 Å². The molecule has 7 nitrogen and oxygen atoms in total. The smallest absolute Gasteiger partial charge is 0.409 e. The highest BCUT2D eigenvalue weighted by atomic mass is 16.6. The molecule has 0 fully saturated rings. The molecular formula is C12H24N2O5. The van der Waals surface area contributed by atoms with Crippen LogP contribution in [0.4, 0.5) is 4.79 Å². The molecule has 7 heteroatoms. The Morgan fingerprint density at radius 2 is 2.00 bits per heavy atom. The number of aliphatic carboxylic acids is 1. The van der Waals surface area contributed by atoms with Gasteiger partial charge in [0.15, 0.2) is 0 Å². The molecule has 0 aliphatic heterocycles. The first kappa shape index (κ1) is 17.7. The van der Waals surface area contributed by atoms with E-state index in [1.807, 2.05) is 6.92 Å². The van der Waals surface area contributed by atoms with Gasteiger partial charge in [-0.1, -0.05) is 6.92 Å². The average Bonchev–Trinajstić information content (AvgIpc) is 2.31. The molecule has 0 aliphatic carbocycles. The molecule has 2 atom stereocenters. The van der Waals surface area contributed by atoms with Crippen LogP contribution in [0.2, 0.25) is 0 Å². The van der Waals surface area contributed by atoms with Crippen LogP contribution in [0.1, 0.15) is 26.7 Å². The van der Waals surface area contributed by atoms with Crippen molar-refractivity contribution >= 4 is 12.1 Å². The maximum absolute atomic E-state index is 11.4. The SMILES string of the molecule is CCCOC(C)C(N)(COC(=O)N(C)C)CC(=O)O. The lowest BCUT2D eigenvalue weighted by atomic mass is 9.91. The Morgan fingerprint density at radius 1 is 1.42 bits per heavy atom. The minimum atomic E-state index is -1.24. The van der Waals surface area contributed by atoms with E-state index >= 15 is 0 Å². The second kappa shape index (κ2) is 7.96. The van der Waals surface area contributed by atoms with Crippen LogP contribution in [-0.2, 0) is 14.3 Å². The van der Waals surface area contributed by atoms with Crippen LogP contribution in [-0.4, -0.2) is 61.0 Å². The van der Waals surface area contributed by atoms with E-state index in [9.17, 15) is 9.59 Å². The van der Waals surface area contributed by atoms with Gasteiger partial charge in [0.2, 0.25) is 0 Å². The Labute approximate surface area is 113 Å². The summed E-state index contributed by atoms with van der Waals surface area (Å²) in [6, 6.07) is 0. The Bertz CT molecular complexity index is 308. The van der Waals surface area contributed by atoms with Gasteiger partial charge in [0.25, 0.3) is 0 Å². The minimum Gasteiger partial charge on any atom is -0.481 e. The first-order valence-corrected chi connectivity index (χ1v) is 6.19. The van der Waals surface area contributed by atoms with Crippen molar-refractivity contribution in [3.05, 3.63) is 0 Å². The van der Waals surface area contributed by atoms with Crippen molar-refractivity contribution in [2.45, 2.75) is 38.3 Å². The molecular weight excluding hydrogens is 252 g/mol. The standard InChI is InChI=1S/C12H24N2O5/c1-5-6-18-9(2)12(13,7-10(15)16)8-19-11(17)14(3)4/h9H,5-8,13H2,1-4H3,(H,15,16). The van der Waals surface area contributed by atoms with Gasteiger partial charge in [-0.25, -0.2) is 4.79 Å². The first-order chi connectivity index (χ1) is 8.73. The lowest BCUT2D eigenvalue weighted by molar-refractivity contribution is -0.141. The summed E-state index contributed by atoms with van der Waals surface area (Å²) in [5, 5.41) is 8.91. The van der Waals surface area contributed by atoms with Crippen molar-refractivity contribution in [2.75, 3.05) is 27.3 Å². The maximum atomic E-state index is 11.4. The van der Waals surface area contributed by atoms with Gasteiger partial charge < -0.3 is 25.2 Å². The second-order valence-corrected chi connectivity index (χ2v) is 4.77. The quantitative estimate of drug-likeness (QED) is 0.675. The van der Waals surface area contributed by atoms with E-state index in [-0.39, 0.29) is 13.0 Å². The molecule has 2 unspecified atom stereocenters. The molecule has 0 rings (SSSR count). The van der Waals surface area contributed by atoms with E-state index < -0.39 is 23.7 Å². The van der Waals surface area contributed by atoms with Gasteiger partial charge in [-0.05, 0) is 13.3 Å². The summed E-state index contributed by atoms with van der Waals surface area (Å²) >= 11 is 0. The van der Waals surface area contributed by atoms with Crippen LogP contribution in [0.3, 0.4) is 0 Å². The lowest BCUT2D eigenvalue weighted by Crippen LogP contribution is -2.56. The molecule has 0 bridgehead atoms. The van der Waals surface area contributed by atoms with Crippen LogP contribution < -0.4 is 5.73 Å². The van der Waals surface area contributed by atoms with E-state index in [4.69, 9.17) is 20.3 Å². The fourth-order valence-electron chi connectivity index (χ4n) is 1.38. The van der Waals surface area contributed by atoms with Gasteiger partial charge in [0, 0.05) is 20.7 Å². The number of hydrogen-bond acceptors (Lipinski definition) is 5. The average molecular weight is 276 g/mol. The Morgan fingerprint density at radius 3 is 2.42 bits per heavy atom. The molecule has 1 amide bonds. The predicted molar refractivity (Wildman–Crippen MR) is 69.9 cm³/mol. The number of hydrogen-bond donors (Lipinski definition) is 2. The van der Waals surface area contributed by atoms with Crippen molar-refractivity contribution in [2.24, 2.45) is 5.73 Å².